The highest BCUT2D eigenvalue weighted by molar-refractivity contribution is 7.89. The first kappa shape index (κ1) is 20.7. The lowest BCUT2D eigenvalue weighted by molar-refractivity contribution is -0.384. The zero-order valence-corrected chi connectivity index (χ0v) is 16.4. The smallest absolute Gasteiger partial charge is 0.276 e. The molecule has 29 heavy (non-hydrogen) atoms. The number of nitrogens with zero attached hydrogens (tertiary/aromatic N) is 3. The summed E-state index contributed by atoms with van der Waals surface area (Å²) in [6.45, 7) is 2.82. The third-order valence-corrected chi connectivity index (χ3v) is 6.69. The van der Waals surface area contributed by atoms with Crippen molar-refractivity contribution in [3.63, 3.8) is 0 Å². The van der Waals surface area contributed by atoms with E-state index in [9.17, 15) is 23.3 Å². The fraction of sp³-hybridized carbons (Fsp3) is 0.278. The Balaban J connectivity index is 1.81. The van der Waals surface area contributed by atoms with E-state index in [1.807, 2.05) is 6.92 Å². The standard InChI is InChI=1S/C18H20N4O6S/c1-13-2-5-15(6-3-13)29(27,28)21-10-8-20(9-11-21)17-7-4-14(22(25)26)12-16(17)18(23)19-24/h2-7,12,24H,8-11H2,1H3,(H,19,23). The summed E-state index contributed by atoms with van der Waals surface area (Å²) in [6, 6.07) is 10.4. The Morgan fingerprint density at radius 3 is 2.28 bits per heavy atom. The van der Waals surface area contributed by atoms with Crippen molar-refractivity contribution in [1.82, 2.24) is 9.79 Å². The van der Waals surface area contributed by atoms with Gasteiger partial charge in [-0.2, -0.15) is 4.31 Å². The summed E-state index contributed by atoms with van der Waals surface area (Å²) < 4.78 is 27.0. The first-order valence-corrected chi connectivity index (χ1v) is 10.2. The van der Waals surface area contributed by atoms with Crippen LogP contribution >= 0.6 is 0 Å². The van der Waals surface area contributed by atoms with Crippen LogP contribution in [0.2, 0.25) is 0 Å². The van der Waals surface area contributed by atoms with Gasteiger partial charge in [-0.3, -0.25) is 20.1 Å². The summed E-state index contributed by atoms with van der Waals surface area (Å²) in [6.07, 6.45) is 0. The van der Waals surface area contributed by atoms with Crippen molar-refractivity contribution < 1.29 is 23.3 Å². The molecule has 0 aromatic heterocycles. The molecule has 10 nitrogen and oxygen atoms in total. The first-order valence-electron chi connectivity index (χ1n) is 8.78. The van der Waals surface area contributed by atoms with Gasteiger partial charge in [-0.15, -0.1) is 0 Å². The molecule has 0 spiro atoms. The van der Waals surface area contributed by atoms with Crippen LogP contribution in [0, 0.1) is 17.0 Å². The largest absolute Gasteiger partial charge is 0.368 e. The molecule has 1 fully saturated rings. The second kappa shape index (κ2) is 8.15. The van der Waals surface area contributed by atoms with Crippen LogP contribution in [-0.4, -0.2) is 54.9 Å². The lowest BCUT2D eigenvalue weighted by Gasteiger charge is -2.36. The van der Waals surface area contributed by atoms with Crippen LogP contribution in [0.3, 0.4) is 0 Å². The van der Waals surface area contributed by atoms with Gasteiger partial charge in [0.15, 0.2) is 0 Å². The molecule has 1 saturated heterocycles. The van der Waals surface area contributed by atoms with Gasteiger partial charge in [0.1, 0.15) is 0 Å². The molecule has 11 heteroatoms. The Morgan fingerprint density at radius 2 is 1.72 bits per heavy atom. The molecular formula is C18H20N4O6S. The maximum Gasteiger partial charge on any atom is 0.276 e. The lowest BCUT2D eigenvalue weighted by Crippen LogP contribution is -2.49. The van der Waals surface area contributed by atoms with Crippen molar-refractivity contribution in [3.05, 3.63) is 63.7 Å². The molecule has 3 rings (SSSR count). The number of carbonyl (C=O) groups excluding carboxylic acids is 1. The summed E-state index contributed by atoms with van der Waals surface area (Å²) >= 11 is 0. The van der Waals surface area contributed by atoms with Crippen molar-refractivity contribution in [3.8, 4) is 0 Å². The quantitative estimate of drug-likeness (QED) is 0.426. The van der Waals surface area contributed by atoms with Gasteiger partial charge in [-0.1, -0.05) is 17.7 Å². The van der Waals surface area contributed by atoms with Gasteiger partial charge in [0, 0.05) is 38.3 Å². The van der Waals surface area contributed by atoms with E-state index < -0.39 is 20.9 Å². The van der Waals surface area contributed by atoms with Crippen LogP contribution in [-0.2, 0) is 10.0 Å². The number of hydroxylamine groups is 1. The number of nitro groups is 1. The van der Waals surface area contributed by atoms with Crippen LogP contribution in [0.15, 0.2) is 47.4 Å². The molecule has 1 heterocycles. The Bertz CT molecular complexity index is 1030. The van der Waals surface area contributed by atoms with E-state index in [0.29, 0.717) is 5.69 Å². The summed E-state index contributed by atoms with van der Waals surface area (Å²) in [5.41, 5.74) is 2.49. The molecule has 1 aliphatic heterocycles. The molecule has 2 N–H and O–H groups in total. The molecule has 2 aromatic rings. The third kappa shape index (κ3) is 4.21. The van der Waals surface area contributed by atoms with Gasteiger partial charge < -0.3 is 4.90 Å². The molecule has 2 aromatic carbocycles. The summed E-state index contributed by atoms with van der Waals surface area (Å²) in [5, 5.41) is 19.9. The molecular weight excluding hydrogens is 400 g/mol. The van der Waals surface area contributed by atoms with Crippen LogP contribution in [0.25, 0.3) is 0 Å². The number of aryl methyl sites for hydroxylation is 1. The minimum absolute atomic E-state index is 0.0588. The van der Waals surface area contributed by atoms with E-state index in [2.05, 4.69) is 0 Å². The number of piperazine rings is 1. The highest BCUT2D eigenvalue weighted by Crippen LogP contribution is 2.28. The molecule has 0 saturated carbocycles. The Morgan fingerprint density at radius 1 is 1.10 bits per heavy atom. The van der Waals surface area contributed by atoms with E-state index >= 15 is 0 Å². The highest BCUT2D eigenvalue weighted by atomic mass is 32.2. The molecule has 0 unspecified atom stereocenters. The number of hydrogen-bond acceptors (Lipinski definition) is 7. The predicted molar refractivity (Wildman–Crippen MR) is 104 cm³/mol. The number of nitrogens with one attached hydrogen (secondary N) is 1. The topological polar surface area (TPSA) is 133 Å². The van der Waals surface area contributed by atoms with Crippen LogP contribution < -0.4 is 10.4 Å². The second-order valence-corrected chi connectivity index (χ2v) is 8.54. The zero-order valence-electron chi connectivity index (χ0n) is 15.6. The number of non-ortho nitro benzene ring substituents is 1. The summed E-state index contributed by atoms with van der Waals surface area (Å²) in [7, 11) is -3.64. The first-order chi connectivity index (χ1) is 13.7. The normalized spacial score (nSPS) is 15.2. The molecule has 0 radical (unpaired) electrons. The predicted octanol–water partition coefficient (Wildman–Crippen LogP) is 1.53. The summed E-state index contributed by atoms with van der Waals surface area (Å²) in [5.74, 6) is -0.876. The van der Waals surface area contributed by atoms with Gasteiger partial charge in [0.25, 0.3) is 11.6 Å². The fourth-order valence-electron chi connectivity index (χ4n) is 3.18. The number of carbonyl (C=O) groups is 1. The minimum Gasteiger partial charge on any atom is -0.368 e. The Kier molecular flexibility index (Phi) is 5.82. The fourth-order valence-corrected chi connectivity index (χ4v) is 4.61. The Labute approximate surface area is 167 Å². The van der Waals surface area contributed by atoms with Crippen LogP contribution in [0.1, 0.15) is 15.9 Å². The number of hydrogen-bond donors (Lipinski definition) is 2. The van der Waals surface area contributed by atoms with Crippen molar-refractivity contribution in [2.45, 2.75) is 11.8 Å². The zero-order chi connectivity index (χ0) is 21.2. The van der Waals surface area contributed by atoms with E-state index in [0.717, 1.165) is 11.6 Å². The lowest BCUT2D eigenvalue weighted by atomic mass is 10.1. The van der Waals surface area contributed by atoms with Crippen LogP contribution in [0.4, 0.5) is 11.4 Å². The van der Waals surface area contributed by atoms with Gasteiger partial charge in [-0.25, -0.2) is 13.9 Å². The minimum atomic E-state index is -3.64. The van der Waals surface area contributed by atoms with E-state index in [-0.39, 0.29) is 42.3 Å². The summed E-state index contributed by atoms with van der Waals surface area (Å²) in [4.78, 5) is 24.3. The SMILES string of the molecule is Cc1ccc(S(=O)(=O)N2CCN(c3ccc([N+](=O)[O-])cc3C(=O)NO)CC2)cc1. The molecule has 154 valence electrons. The van der Waals surface area contributed by atoms with Gasteiger partial charge in [0.2, 0.25) is 10.0 Å². The van der Waals surface area contributed by atoms with E-state index in [4.69, 9.17) is 5.21 Å². The highest BCUT2D eigenvalue weighted by Gasteiger charge is 2.30. The second-order valence-electron chi connectivity index (χ2n) is 6.60. The van der Waals surface area contributed by atoms with Crippen LogP contribution in [0.5, 0.6) is 0 Å². The number of amides is 1. The molecule has 0 bridgehead atoms. The average Bonchev–Trinajstić information content (AvgIpc) is 2.73. The van der Waals surface area contributed by atoms with Crippen molar-refractivity contribution >= 4 is 27.3 Å². The molecule has 1 aliphatic rings. The number of nitro benzene ring substituents is 1. The molecule has 1 amide bonds. The molecule has 0 aliphatic carbocycles. The van der Waals surface area contributed by atoms with Crippen molar-refractivity contribution in [1.29, 1.82) is 0 Å². The van der Waals surface area contributed by atoms with Crippen molar-refractivity contribution in [2.24, 2.45) is 0 Å². The van der Waals surface area contributed by atoms with E-state index in [1.165, 1.54) is 21.9 Å². The monoisotopic (exact) mass is 420 g/mol. The number of anilines is 1. The van der Waals surface area contributed by atoms with Gasteiger partial charge in [-0.05, 0) is 25.1 Å². The maximum atomic E-state index is 12.8. The number of rotatable bonds is 5. The molecule has 0 atom stereocenters. The average molecular weight is 420 g/mol. The van der Waals surface area contributed by atoms with Gasteiger partial charge >= 0.3 is 0 Å². The third-order valence-electron chi connectivity index (χ3n) is 4.78. The van der Waals surface area contributed by atoms with Gasteiger partial charge in [0.05, 0.1) is 21.1 Å². The number of benzene rings is 2. The van der Waals surface area contributed by atoms with Crippen molar-refractivity contribution in [2.75, 3.05) is 31.1 Å². The Hall–Kier alpha value is -3.02. The number of sulfonamides is 1. The maximum absolute atomic E-state index is 12.8. The van der Waals surface area contributed by atoms with E-state index in [1.54, 1.807) is 29.2 Å².